The number of hydrogen-bond donors (Lipinski definition) is 0. The molecule has 0 radical (unpaired) electrons. The van der Waals surface area contributed by atoms with E-state index in [9.17, 15) is 4.79 Å². The first-order valence-electron chi connectivity index (χ1n) is 8.14. The Bertz CT molecular complexity index is 622. The number of rotatable bonds is 5. The molecule has 0 aliphatic carbocycles. The monoisotopic (exact) mass is 313 g/mol. The number of ether oxygens (including phenoxy) is 1. The lowest BCUT2D eigenvalue weighted by Crippen LogP contribution is -2.42. The Morgan fingerprint density at radius 3 is 2.91 bits per heavy atom. The minimum atomic E-state index is 0.156. The number of aromatic nitrogens is 2. The fourth-order valence-electron chi connectivity index (χ4n) is 2.91. The van der Waals surface area contributed by atoms with E-state index >= 15 is 0 Å². The van der Waals surface area contributed by atoms with E-state index in [0.29, 0.717) is 19.1 Å². The average molecular weight is 313 g/mol. The summed E-state index contributed by atoms with van der Waals surface area (Å²) in [7, 11) is 0. The molecule has 1 aromatic carbocycles. The third kappa shape index (κ3) is 4.34. The number of carbonyl (C=O) groups excluding carboxylic acids is 1. The van der Waals surface area contributed by atoms with Gasteiger partial charge in [-0.15, -0.1) is 0 Å². The lowest BCUT2D eigenvalue weighted by atomic mass is 9.99. The number of nitrogens with zero attached hydrogens (tertiary/aromatic N) is 3. The van der Waals surface area contributed by atoms with E-state index in [-0.39, 0.29) is 5.91 Å². The summed E-state index contributed by atoms with van der Waals surface area (Å²) in [4.78, 5) is 18.3. The Kier molecular flexibility index (Phi) is 4.95. The predicted octanol–water partition coefficient (Wildman–Crippen LogP) is 2.51. The molecule has 1 fully saturated rings. The maximum Gasteiger partial charge on any atom is 0.242 e. The molecule has 122 valence electrons. The lowest BCUT2D eigenvalue weighted by molar-refractivity contribution is -0.133. The molecule has 1 aliphatic rings. The van der Waals surface area contributed by atoms with E-state index in [2.05, 4.69) is 24.0 Å². The molecular formula is C18H23N3O2. The molecule has 23 heavy (non-hydrogen) atoms. The van der Waals surface area contributed by atoms with Gasteiger partial charge in [-0.3, -0.25) is 4.79 Å². The van der Waals surface area contributed by atoms with Crippen molar-refractivity contribution in [3.63, 3.8) is 0 Å². The fourth-order valence-corrected chi connectivity index (χ4v) is 2.91. The summed E-state index contributed by atoms with van der Waals surface area (Å²) >= 11 is 0. The van der Waals surface area contributed by atoms with Crippen LogP contribution in [0, 0.1) is 12.8 Å². The molecule has 5 heteroatoms. The van der Waals surface area contributed by atoms with Crippen molar-refractivity contribution in [1.29, 1.82) is 0 Å². The summed E-state index contributed by atoms with van der Waals surface area (Å²) in [6.45, 7) is 4.71. The Morgan fingerprint density at radius 1 is 1.35 bits per heavy atom. The predicted molar refractivity (Wildman–Crippen MR) is 88.2 cm³/mol. The van der Waals surface area contributed by atoms with Crippen LogP contribution in [-0.4, -0.2) is 40.1 Å². The third-order valence-electron chi connectivity index (χ3n) is 4.26. The number of imidazole rings is 1. The van der Waals surface area contributed by atoms with Gasteiger partial charge >= 0.3 is 0 Å². The molecule has 5 nitrogen and oxygen atoms in total. The molecule has 1 unspecified atom stereocenters. The van der Waals surface area contributed by atoms with Crippen LogP contribution >= 0.6 is 0 Å². The second-order valence-corrected chi connectivity index (χ2v) is 6.21. The van der Waals surface area contributed by atoms with E-state index in [1.165, 1.54) is 5.56 Å². The summed E-state index contributed by atoms with van der Waals surface area (Å²) < 4.78 is 7.70. The Morgan fingerprint density at radius 2 is 2.17 bits per heavy atom. The van der Waals surface area contributed by atoms with Crippen molar-refractivity contribution >= 4 is 5.91 Å². The quantitative estimate of drug-likeness (QED) is 0.852. The van der Waals surface area contributed by atoms with Crippen LogP contribution < -0.4 is 4.74 Å². The number of amides is 1. The SMILES string of the molecule is Cc1ccc(OCC2CCCN(C(=O)Cn3ccnc3)C2)cc1. The number of aryl methyl sites for hydroxylation is 1. The zero-order valence-corrected chi connectivity index (χ0v) is 13.5. The minimum absolute atomic E-state index is 0.156. The van der Waals surface area contributed by atoms with Crippen LogP contribution in [0.15, 0.2) is 43.0 Å². The van der Waals surface area contributed by atoms with Crippen LogP contribution in [0.1, 0.15) is 18.4 Å². The molecule has 1 atom stereocenters. The summed E-state index contributed by atoms with van der Waals surface area (Å²) in [6, 6.07) is 8.11. The van der Waals surface area contributed by atoms with Gasteiger partial charge < -0.3 is 14.2 Å². The number of benzene rings is 1. The zero-order chi connectivity index (χ0) is 16.1. The van der Waals surface area contributed by atoms with E-state index in [1.54, 1.807) is 12.5 Å². The maximum atomic E-state index is 12.4. The molecule has 2 heterocycles. The largest absolute Gasteiger partial charge is 0.493 e. The van der Waals surface area contributed by atoms with Crippen molar-refractivity contribution in [1.82, 2.24) is 14.5 Å². The molecule has 1 amide bonds. The number of likely N-dealkylation sites (tertiary alicyclic amines) is 1. The summed E-state index contributed by atoms with van der Waals surface area (Å²) in [5, 5.41) is 0. The van der Waals surface area contributed by atoms with Crippen LogP contribution in [0.25, 0.3) is 0 Å². The topological polar surface area (TPSA) is 47.4 Å². The summed E-state index contributed by atoms with van der Waals surface area (Å²) in [5.74, 6) is 1.46. The molecular weight excluding hydrogens is 290 g/mol. The van der Waals surface area contributed by atoms with Gasteiger partial charge in [0, 0.05) is 31.4 Å². The second-order valence-electron chi connectivity index (χ2n) is 6.21. The van der Waals surface area contributed by atoms with Gasteiger partial charge in [0.1, 0.15) is 12.3 Å². The molecule has 3 rings (SSSR count). The van der Waals surface area contributed by atoms with E-state index in [0.717, 1.165) is 31.7 Å². The van der Waals surface area contributed by atoms with Gasteiger partial charge in [0.25, 0.3) is 0 Å². The standard InChI is InChI=1S/C18H23N3O2/c1-15-4-6-17(7-5-15)23-13-16-3-2-9-21(11-16)18(22)12-20-10-8-19-14-20/h4-8,10,14,16H,2-3,9,11-13H2,1H3. The van der Waals surface area contributed by atoms with E-state index < -0.39 is 0 Å². The molecule has 1 aromatic heterocycles. The highest BCUT2D eigenvalue weighted by molar-refractivity contribution is 5.76. The number of piperidine rings is 1. The highest BCUT2D eigenvalue weighted by Crippen LogP contribution is 2.19. The average Bonchev–Trinajstić information content (AvgIpc) is 3.07. The van der Waals surface area contributed by atoms with Crippen molar-refractivity contribution in [3.05, 3.63) is 48.5 Å². The van der Waals surface area contributed by atoms with Crippen LogP contribution in [0.2, 0.25) is 0 Å². The highest BCUT2D eigenvalue weighted by atomic mass is 16.5. The van der Waals surface area contributed by atoms with Gasteiger partial charge in [-0.1, -0.05) is 17.7 Å². The van der Waals surface area contributed by atoms with Gasteiger partial charge in [0.05, 0.1) is 12.9 Å². The smallest absolute Gasteiger partial charge is 0.242 e. The molecule has 0 spiro atoms. The van der Waals surface area contributed by atoms with Gasteiger partial charge in [-0.25, -0.2) is 4.98 Å². The number of hydrogen-bond acceptors (Lipinski definition) is 3. The van der Waals surface area contributed by atoms with Crippen molar-refractivity contribution in [2.24, 2.45) is 5.92 Å². The first kappa shape index (κ1) is 15.6. The normalized spacial score (nSPS) is 18.0. The highest BCUT2D eigenvalue weighted by Gasteiger charge is 2.24. The van der Waals surface area contributed by atoms with Crippen LogP contribution in [0.3, 0.4) is 0 Å². The van der Waals surface area contributed by atoms with Crippen molar-refractivity contribution in [2.45, 2.75) is 26.3 Å². The molecule has 2 aromatic rings. The van der Waals surface area contributed by atoms with Crippen LogP contribution in [-0.2, 0) is 11.3 Å². The van der Waals surface area contributed by atoms with Crippen molar-refractivity contribution in [3.8, 4) is 5.75 Å². The summed E-state index contributed by atoms with van der Waals surface area (Å²) in [6.07, 6.45) is 7.35. The fraction of sp³-hybridized carbons (Fsp3) is 0.444. The third-order valence-corrected chi connectivity index (χ3v) is 4.26. The first-order chi connectivity index (χ1) is 11.2. The van der Waals surface area contributed by atoms with Gasteiger partial charge in [-0.05, 0) is 31.9 Å². The minimum Gasteiger partial charge on any atom is -0.493 e. The first-order valence-corrected chi connectivity index (χ1v) is 8.14. The maximum absolute atomic E-state index is 12.4. The Labute approximate surface area is 136 Å². The lowest BCUT2D eigenvalue weighted by Gasteiger charge is -2.32. The van der Waals surface area contributed by atoms with Crippen LogP contribution in [0.4, 0.5) is 0 Å². The van der Waals surface area contributed by atoms with Crippen LogP contribution in [0.5, 0.6) is 5.75 Å². The molecule has 1 saturated heterocycles. The Hall–Kier alpha value is -2.30. The van der Waals surface area contributed by atoms with Crippen molar-refractivity contribution in [2.75, 3.05) is 19.7 Å². The van der Waals surface area contributed by atoms with E-state index in [1.807, 2.05) is 27.8 Å². The Balaban J connectivity index is 1.49. The molecule has 0 N–H and O–H groups in total. The molecule has 1 aliphatic heterocycles. The molecule has 0 bridgehead atoms. The number of carbonyl (C=O) groups is 1. The van der Waals surface area contributed by atoms with E-state index in [4.69, 9.17) is 4.74 Å². The molecule has 0 saturated carbocycles. The summed E-state index contributed by atoms with van der Waals surface area (Å²) in [5.41, 5.74) is 1.23. The van der Waals surface area contributed by atoms with Crippen molar-refractivity contribution < 1.29 is 9.53 Å². The zero-order valence-electron chi connectivity index (χ0n) is 13.5. The van der Waals surface area contributed by atoms with Gasteiger partial charge in [-0.2, -0.15) is 0 Å². The van der Waals surface area contributed by atoms with Gasteiger partial charge in [0.2, 0.25) is 5.91 Å². The van der Waals surface area contributed by atoms with Gasteiger partial charge in [0.15, 0.2) is 0 Å². The second kappa shape index (κ2) is 7.31.